The molecule has 1 aliphatic carbocycles. The highest BCUT2D eigenvalue weighted by Gasteiger charge is 2.33. The zero-order valence-corrected chi connectivity index (χ0v) is 12.9. The number of hydrogen-bond acceptors (Lipinski definition) is 4. The number of amides is 1. The van der Waals surface area contributed by atoms with Crippen molar-refractivity contribution >= 4 is 11.9 Å². The van der Waals surface area contributed by atoms with Crippen molar-refractivity contribution < 1.29 is 14.3 Å². The van der Waals surface area contributed by atoms with Gasteiger partial charge < -0.3 is 15.8 Å². The Morgan fingerprint density at radius 3 is 2.40 bits per heavy atom. The molecule has 0 saturated heterocycles. The number of nitrogens with two attached hydrogens (primary N) is 1. The van der Waals surface area contributed by atoms with E-state index in [0.29, 0.717) is 0 Å². The van der Waals surface area contributed by atoms with Crippen molar-refractivity contribution in [2.24, 2.45) is 11.7 Å². The van der Waals surface area contributed by atoms with Crippen LogP contribution < -0.4 is 11.1 Å². The maximum atomic E-state index is 12.2. The molecule has 5 heteroatoms. The molecular weight excluding hydrogens is 256 g/mol. The molecular formula is C15H28N2O3. The minimum Gasteiger partial charge on any atom is -0.467 e. The van der Waals surface area contributed by atoms with Crippen LogP contribution in [0.2, 0.25) is 0 Å². The van der Waals surface area contributed by atoms with Crippen LogP contribution in [0.3, 0.4) is 0 Å². The van der Waals surface area contributed by atoms with E-state index in [-0.39, 0.29) is 24.2 Å². The maximum absolute atomic E-state index is 12.2. The van der Waals surface area contributed by atoms with Gasteiger partial charge in [0, 0.05) is 12.0 Å². The van der Waals surface area contributed by atoms with Crippen LogP contribution in [-0.2, 0) is 14.3 Å². The van der Waals surface area contributed by atoms with E-state index in [1.54, 1.807) is 0 Å². The minimum atomic E-state index is -0.579. The van der Waals surface area contributed by atoms with Crippen molar-refractivity contribution in [3.63, 3.8) is 0 Å². The van der Waals surface area contributed by atoms with Gasteiger partial charge in [0.15, 0.2) is 0 Å². The van der Waals surface area contributed by atoms with Crippen LogP contribution in [0.25, 0.3) is 0 Å². The second-order valence-electron chi connectivity index (χ2n) is 6.05. The van der Waals surface area contributed by atoms with E-state index >= 15 is 0 Å². The number of carbonyl (C=O) groups is 2. The van der Waals surface area contributed by atoms with Crippen molar-refractivity contribution in [1.82, 2.24) is 5.32 Å². The highest BCUT2D eigenvalue weighted by molar-refractivity contribution is 5.85. The lowest BCUT2D eigenvalue weighted by Crippen LogP contribution is -2.51. The van der Waals surface area contributed by atoms with Gasteiger partial charge in [-0.25, -0.2) is 4.79 Å². The number of esters is 1. The smallest absolute Gasteiger partial charge is 0.328 e. The minimum absolute atomic E-state index is 0.0477. The van der Waals surface area contributed by atoms with Gasteiger partial charge in [-0.15, -0.1) is 0 Å². The summed E-state index contributed by atoms with van der Waals surface area (Å²) in [5.41, 5.74) is 5.87. The molecule has 1 rings (SSSR count). The molecule has 0 heterocycles. The predicted molar refractivity (Wildman–Crippen MR) is 78.0 cm³/mol. The Balaban J connectivity index is 2.59. The Hall–Kier alpha value is -1.10. The van der Waals surface area contributed by atoms with E-state index in [9.17, 15) is 9.59 Å². The number of carbonyl (C=O) groups excluding carboxylic acids is 2. The van der Waals surface area contributed by atoms with E-state index in [4.69, 9.17) is 10.5 Å². The van der Waals surface area contributed by atoms with Gasteiger partial charge in [0.1, 0.15) is 6.04 Å². The van der Waals surface area contributed by atoms with E-state index < -0.39 is 11.6 Å². The molecule has 20 heavy (non-hydrogen) atoms. The number of hydrogen-bond donors (Lipinski definition) is 2. The maximum Gasteiger partial charge on any atom is 0.328 e. The van der Waals surface area contributed by atoms with Gasteiger partial charge in [0.05, 0.1) is 7.11 Å². The molecule has 0 radical (unpaired) electrons. The SMILES string of the molecule is CCC(C)C(NC(=O)CC1(N)CCCCC1)C(=O)OC. The molecule has 1 amide bonds. The van der Waals surface area contributed by atoms with Gasteiger partial charge in [-0.2, -0.15) is 0 Å². The van der Waals surface area contributed by atoms with Crippen molar-refractivity contribution in [1.29, 1.82) is 0 Å². The lowest BCUT2D eigenvalue weighted by atomic mass is 9.80. The Labute approximate surface area is 121 Å². The zero-order chi connectivity index (χ0) is 15.2. The third kappa shape index (κ3) is 4.78. The summed E-state index contributed by atoms with van der Waals surface area (Å²) < 4.78 is 4.77. The number of methoxy groups -OCH3 is 1. The van der Waals surface area contributed by atoms with Gasteiger partial charge >= 0.3 is 5.97 Å². The third-order valence-electron chi connectivity index (χ3n) is 4.35. The van der Waals surface area contributed by atoms with Crippen molar-refractivity contribution in [2.75, 3.05) is 7.11 Å². The lowest BCUT2D eigenvalue weighted by Gasteiger charge is -2.33. The molecule has 1 aliphatic rings. The van der Waals surface area contributed by atoms with E-state index in [2.05, 4.69) is 5.32 Å². The van der Waals surface area contributed by atoms with E-state index in [0.717, 1.165) is 32.1 Å². The molecule has 0 aliphatic heterocycles. The van der Waals surface area contributed by atoms with Crippen LogP contribution in [0.4, 0.5) is 0 Å². The quantitative estimate of drug-likeness (QED) is 0.728. The normalized spacial score (nSPS) is 20.8. The van der Waals surface area contributed by atoms with E-state index in [1.807, 2.05) is 13.8 Å². The van der Waals surface area contributed by atoms with Crippen LogP contribution in [0.5, 0.6) is 0 Å². The Bertz CT molecular complexity index is 338. The fourth-order valence-corrected chi connectivity index (χ4v) is 2.77. The molecule has 0 aromatic carbocycles. The summed E-state index contributed by atoms with van der Waals surface area (Å²) in [5.74, 6) is -0.487. The Morgan fingerprint density at radius 1 is 1.30 bits per heavy atom. The first-order valence-electron chi connectivity index (χ1n) is 7.58. The van der Waals surface area contributed by atoms with Crippen LogP contribution in [0.1, 0.15) is 58.8 Å². The lowest BCUT2D eigenvalue weighted by molar-refractivity contribution is -0.146. The van der Waals surface area contributed by atoms with Crippen molar-refractivity contribution in [2.45, 2.75) is 70.4 Å². The molecule has 5 nitrogen and oxygen atoms in total. The summed E-state index contributed by atoms with van der Waals surface area (Å²) in [7, 11) is 1.34. The first-order valence-corrected chi connectivity index (χ1v) is 7.58. The summed E-state index contributed by atoms with van der Waals surface area (Å²) in [6, 6.07) is -0.579. The molecule has 0 aromatic heterocycles. The van der Waals surface area contributed by atoms with Gasteiger partial charge in [-0.3, -0.25) is 4.79 Å². The molecule has 0 spiro atoms. The molecule has 1 fully saturated rings. The monoisotopic (exact) mass is 284 g/mol. The molecule has 116 valence electrons. The summed E-state index contributed by atoms with van der Waals surface area (Å²) >= 11 is 0. The molecule has 0 bridgehead atoms. The topological polar surface area (TPSA) is 81.4 Å². The first-order chi connectivity index (χ1) is 9.41. The third-order valence-corrected chi connectivity index (χ3v) is 4.35. The first kappa shape index (κ1) is 17.0. The van der Waals surface area contributed by atoms with Crippen LogP contribution in [0.15, 0.2) is 0 Å². The van der Waals surface area contributed by atoms with Gasteiger partial charge in [0.25, 0.3) is 0 Å². The summed E-state index contributed by atoms with van der Waals surface area (Å²) in [6.45, 7) is 3.92. The molecule has 1 saturated carbocycles. The highest BCUT2D eigenvalue weighted by Crippen LogP contribution is 2.28. The molecule has 2 unspecified atom stereocenters. The van der Waals surface area contributed by atoms with Gasteiger partial charge in [-0.1, -0.05) is 39.5 Å². The fraction of sp³-hybridized carbons (Fsp3) is 0.867. The second kappa shape index (κ2) is 7.62. The Kier molecular flexibility index (Phi) is 6.46. The average Bonchev–Trinajstić information content (AvgIpc) is 2.43. The predicted octanol–water partition coefficient (Wildman–Crippen LogP) is 1.74. The van der Waals surface area contributed by atoms with Crippen LogP contribution >= 0.6 is 0 Å². The fourth-order valence-electron chi connectivity index (χ4n) is 2.77. The zero-order valence-electron chi connectivity index (χ0n) is 12.9. The van der Waals surface area contributed by atoms with Crippen molar-refractivity contribution in [3.8, 4) is 0 Å². The Morgan fingerprint density at radius 2 is 1.90 bits per heavy atom. The largest absolute Gasteiger partial charge is 0.467 e. The highest BCUT2D eigenvalue weighted by atomic mass is 16.5. The molecule has 3 N–H and O–H groups in total. The van der Waals surface area contributed by atoms with Gasteiger partial charge in [-0.05, 0) is 18.8 Å². The number of ether oxygens (including phenoxy) is 1. The standard InChI is InChI=1S/C15H28N2O3/c1-4-11(2)13(14(19)20-3)17-12(18)10-15(16)8-6-5-7-9-15/h11,13H,4-10,16H2,1-3H3,(H,17,18). The van der Waals surface area contributed by atoms with Gasteiger partial charge in [0.2, 0.25) is 5.91 Å². The van der Waals surface area contributed by atoms with Crippen molar-refractivity contribution in [3.05, 3.63) is 0 Å². The van der Waals surface area contributed by atoms with Crippen LogP contribution in [-0.4, -0.2) is 30.6 Å². The second-order valence-corrected chi connectivity index (χ2v) is 6.05. The summed E-state index contributed by atoms with van der Waals surface area (Å²) in [6.07, 6.45) is 6.20. The molecule has 2 atom stereocenters. The van der Waals surface area contributed by atoms with Crippen LogP contribution in [0, 0.1) is 5.92 Å². The number of nitrogens with one attached hydrogen (secondary N) is 1. The summed E-state index contributed by atoms with van der Waals surface area (Å²) in [5, 5.41) is 2.80. The number of rotatable bonds is 6. The summed E-state index contributed by atoms with van der Waals surface area (Å²) in [4.78, 5) is 23.9. The van der Waals surface area contributed by atoms with E-state index in [1.165, 1.54) is 13.5 Å². The average molecular weight is 284 g/mol. The molecule has 0 aromatic rings.